The van der Waals surface area contributed by atoms with Crippen molar-refractivity contribution < 1.29 is 0 Å². The molecule has 0 radical (unpaired) electrons. The van der Waals surface area contributed by atoms with Gasteiger partial charge in [0.2, 0.25) is 5.95 Å². The minimum absolute atomic E-state index is 0.577. The number of aromatic amines is 1. The van der Waals surface area contributed by atoms with Crippen LogP contribution in [-0.4, -0.2) is 37.8 Å². The number of halogens is 1. The van der Waals surface area contributed by atoms with Crippen molar-refractivity contribution in [2.75, 3.05) is 18.0 Å². The lowest BCUT2D eigenvalue weighted by Crippen LogP contribution is -2.29. The summed E-state index contributed by atoms with van der Waals surface area (Å²) >= 11 is 3.43. The van der Waals surface area contributed by atoms with E-state index in [-0.39, 0.29) is 0 Å². The molecular formula is C13H20BrN7. The van der Waals surface area contributed by atoms with Gasteiger partial charge in [0.1, 0.15) is 5.82 Å². The highest BCUT2D eigenvalue weighted by Gasteiger charge is 2.29. The Morgan fingerprint density at radius 3 is 2.95 bits per heavy atom. The molecule has 21 heavy (non-hydrogen) atoms. The molecule has 0 amide bonds. The van der Waals surface area contributed by atoms with Crippen LogP contribution in [0.5, 0.6) is 0 Å². The van der Waals surface area contributed by atoms with E-state index in [0.717, 1.165) is 53.9 Å². The van der Waals surface area contributed by atoms with Crippen LogP contribution in [0.2, 0.25) is 0 Å². The summed E-state index contributed by atoms with van der Waals surface area (Å²) in [5.74, 6) is 2.77. The average Bonchev–Trinajstić information content (AvgIpc) is 3.02. The quantitative estimate of drug-likeness (QED) is 0.774. The Morgan fingerprint density at radius 2 is 2.19 bits per heavy atom. The highest BCUT2D eigenvalue weighted by Crippen LogP contribution is 2.33. The molecule has 3 N–H and O–H groups in total. The summed E-state index contributed by atoms with van der Waals surface area (Å²) < 4.78 is 2.89. The second-order valence-corrected chi connectivity index (χ2v) is 5.98. The van der Waals surface area contributed by atoms with Crippen molar-refractivity contribution in [2.45, 2.75) is 39.2 Å². The number of anilines is 2. The Morgan fingerprint density at radius 1 is 1.33 bits per heavy atom. The molecule has 0 spiro atoms. The van der Waals surface area contributed by atoms with Crippen LogP contribution >= 0.6 is 15.9 Å². The van der Waals surface area contributed by atoms with Crippen molar-refractivity contribution in [3.8, 4) is 0 Å². The normalized spacial score (nSPS) is 13.4. The summed E-state index contributed by atoms with van der Waals surface area (Å²) in [5.41, 5.74) is 6.75. The molecule has 0 unspecified atom stereocenters. The highest BCUT2D eigenvalue weighted by atomic mass is 79.9. The number of H-pyrrole nitrogens is 1. The van der Waals surface area contributed by atoms with E-state index in [1.54, 1.807) is 0 Å². The Hall–Kier alpha value is -1.41. The number of nitrogens with two attached hydrogens (primary N) is 1. The molecule has 0 saturated carbocycles. The predicted molar refractivity (Wildman–Crippen MR) is 84.7 cm³/mol. The number of hydrogen-bond acceptors (Lipinski definition) is 5. The van der Waals surface area contributed by atoms with Gasteiger partial charge >= 0.3 is 0 Å². The topological polar surface area (TPSA) is 88.7 Å². The number of imidazole rings is 1. The van der Waals surface area contributed by atoms with E-state index >= 15 is 0 Å². The van der Waals surface area contributed by atoms with Crippen molar-refractivity contribution in [3.05, 3.63) is 16.3 Å². The van der Waals surface area contributed by atoms with E-state index in [2.05, 4.69) is 52.5 Å². The number of nitrogens with one attached hydrogen (secondary N) is 1. The van der Waals surface area contributed by atoms with Crippen LogP contribution < -0.4 is 10.6 Å². The van der Waals surface area contributed by atoms with Crippen molar-refractivity contribution in [1.82, 2.24) is 24.7 Å². The van der Waals surface area contributed by atoms with Crippen LogP contribution in [0.25, 0.3) is 0 Å². The number of fused-ring (bicyclic) bond motifs is 2. The van der Waals surface area contributed by atoms with E-state index in [4.69, 9.17) is 5.73 Å². The van der Waals surface area contributed by atoms with Gasteiger partial charge in [0, 0.05) is 13.0 Å². The van der Waals surface area contributed by atoms with E-state index in [1.807, 2.05) is 0 Å². The molecule has 2 aromatic rings. The molecule has 1 aliphatic rings. The van der Waals surface area contributed by atoms with Crippen LogP contribution in [-0.2, 0) is 13.0 Å². The molecule has 1 aliphatic heterocycles. The average molecular weight is 354 g/mol. The van der Waals surface area contributed by atoms with Crippen molar-refractivity contribution >= 4 is 27.7 Å². The lowest BCUT2D eigenvalue weighted by molar-refractivity contribution is 0.648. The third-order valence-corrected chi connectivity index (χ3v) is 4.08. The van der Waals surface area contributed by atoms with Crippen LogP contribution in [0, 0.1) is 0 Å². The summed E-state index contributed by atoms with van der Waals surface area (Å²) in [6, 6.07) is 0. The van der Waals surface area contributed by atoms with Gasteiger partial charge in [-0.2, -0.15) is 0 Å². The van der Waals surface area contributed by atoms with Gasteiger partial charge in [-0.05, 0) is 28.9 Å². The Kier molecular flexibility index (Phi) is 4.25. The molecule has 114 valence electrons. The second-order valence-electron chi connectivity index (χ2n) is 5.23. The standard InChI is InChI=1S/C13H20BrN7/c1-2-3-4-7-20-11-9(16-12(14)17-11)8-21-10(5-6-15)18-19-13(20)21/h2-8,15H2,1H3,(H,16,17). The number of aromatic nitrogens is 5. The van der Waals surface area contributed by atoms with Crippen LogP contribution in [0.3, 0.4) is 0 Å². The molecule has 8 heteroatoms. The first kappa shape index (κ1) is 14.5. The maximum absolute atomic E-state index is 5.66. The number of nitrogens with zero attached hydrogens (tertiary/aromatic N) is 5. The summed E-state index contributed by atoms with van der Waals surface area (Å²) in [7, 11) is 0. The summed E-state index contributed by atoms with van der Waals surface area (Å²) in [6.07, 6.45) is 4.23. The lowest BCUT2D eigenvalue weighted by Gasteiger charge is -2.27. The third kappa shape index (κ3) is 2.69. The van der Waals surface area contributed by atoms with Gasteiger partial charge in [0.05, 0.1) is 12.2 Å². The van der Waals surface area contributed by atoms with Crippen molar-refractivity contribution in [3.63, 3.8) is 0 Å². The molecule has 7 nitrogen and oxygen atoms in total. The molecule has 0 bridgehead atoms. The Balaban J connectivity index is 1.94. The summed E-state index contributed by atoms with van der Waals surface area (Å²) in [6.45, 7) is 4.40. The minimum atomic E-state index is 0.577. The van der Waals surface area contributed by atoms with Crippen LogP contribution in [0.1, 0.15) is 37.7 Å². The SMILES string of the molecule is CCCCCN1c2nc(Br)[nH]c2Cn2c(CCN)nnc21. The first-order valence-electron chi connectivity index (χ1n) is 7.38. The van der Waals surface area contributed by atoms with Gasteiger partial charge in [0.15, 0.2) is 10.6 Å². The van der Waals surface area contributed by atoms with Gasteiger partial charge in [0.25, 0.3) is 0 Å². The largest absolute Gasteiger partial charge is 0.333 e. The van der Waals surface area contributed by atoms with Gasteiger partial charge < -0.3 is 10.7 Å². The van der Waals surface area contributed by atoms with E-state index in [9.17, 15) is 0 Å². The van der Waals surface area contributed by atoms with E-state index < -0.39 is 0 Å². The molecule has 0 aliphatic carbocycles. The fourth-order valence-electron chi connectivity index (χ4n) is 2.68. The molecule has 0 saturated heterocycles. The van der Waals surface area contributed by atoms with Crippen LogP contribution in [0.4, 0.5) is 11.8 Å². The maximum atomic E-state index is 5.66. The minimum Gasteiger partial charge on any atom is -0.333 e. The van der Waals surface area contributed by atoms with Crippen molar-refractivity contribution in [1.29, 1.82) is 0 Å². The summed E-state index contributed by atoms with van der Waals surface area (Å²) in [5, 5.41) is 8.65. The lowest BCUT2D eigenvalue weighted by atomic mass is 10.2. The number of unbranched alkanes of at least 4 members (excludes halogenated alkanes) is 2. The zero-order chi connectivity index (χ0) is 14.8. The predicted octanol–water partition coefficient (Wildman–Crippen LogP) is 1.95. The fourth-order valence-corrected chi connectivity index (χ4v) is 3.09. The van der Waals surface area contributed by atoms with Crippen molar-refractivity contribution in [2.24, 2.45) is 5.73 Å². The first-order valence-corrected chi connectivity index (χ1v) is 8.18. The number of rotatable bonds is 6. The third-order valence-electron chi connectivity index (χ3n) is 3.70. The molecule has 3 heterocycles. The van der Waals surface area contributed by atoms with Crippen LogP contribution in [0.15, 0.2) is 4.73 Å². The zero-order valence-corrected chi connectivity index (χ0v) is 13.7. The highest BCUT2D eigenvalue weighted by molar-refractivity contribution is 9.10. The molecule has 2 aromatic heterocycles. The maximum Gasteiger partial charge on any atom is 0.233 e. The van der Waals surface area contributed by atoms with Gasteiger partial charge in [-0.3, -0.25) is 9.47 Å². The Bertz CT molecular complexity index is 618. The smallest absolute Gasteiger partial charge is 0.233 e. The molecule has 0 atom stereocenters. The fraction of sp³-hybridized carbons (Fsp3) is 0.615. The molecule has 0 aromatic carbocycles. The van der Waals surface area contributed by atoms with Gasteiger partial charge in [-0.15, -0.1) is 10.2 Å². The molecule has 3 rings (SSSR count). The van der Waals surface area contributed by atoms with E-state index in [1.165, 1.54) is 12.8 Å². The number of hydrogen-bond donors (Lipinski definition) is 2. The molecule has 0 fully saturated rings. The monoisotopic (exact) mass is 353 g/mol. The molecular weight excluding hydrogens is 334 g/mol. The summed E-state index contributed by atoms with van der Waals surface area (Å²) in [4.78, 5) is 9.98. The second kappa shape index (κ2) is 6.15. The van der Waals surface area contributed by atoms with Gasteiger partial charge in [-0.25, -0.2) is 4.98 Å². The first-order chi connectivity index (χ1) is 10.2. The van der Waals surface area contributed by atoms with E-state index in [0.29, 0.717) is 6.54 Å². The Labute approximate surface area is 132 Å². The van der Waals surface area contributed by atoms with Gasteiger partial charge in [-0.1, -0.05) is 19.8 Å². The zero-order valence-electron chi connectivity index (χ0n) is 12.1.